The summed E-state index contributed by atoms with van der Waals surface area (Å²) in [5, 5.41) is 18.0. The standard InChI is InChI=1S/C16H13N3O2/c17-9-14-7-11(3-5-18-14)10-19-6-4-12-1-2-13(16(20)21)8-15(12)19/h1-3,5,7-8H,4,6,10H2,(H,20,21). The molecule has 5 heteroatoms. The van der Waals surface area contributed by atoms with Crippen LogP contribution in [-0.2, 0) is 13.0 Å². The number of carbonyl (C=O) groups is 1. The molecule has 1 aliphatic heterocycles. The molecule has 21 heavy (non-hydrogen) atoms. The molecule has 0 unspecified atom stereocenters. The van der Waals surface area contributed by atoms with Crippen molar-refractivity contribution < 1.29 is 9.90 Å². The second-order valence-electron chi connectivity index (χ2n) is 4.98. The first-order valence-electron chi connectivity index (χ1n) is 6.63. The summed E-state index contributed by atoms with van der Waals surface area (Å²) < 4.78 is 0. The van der Waals surface area contributed by atoms with Crippen LogP contribution in [0.25, 0.3) is 0 Å². The molecule has 1 aromatic heterocycles. The van der Waals surface area contributed by atoms with Gasteiger partial charge in [-0.05, 0) is 41.8 Å². The largest absolute Gasteiger partial charge is 0.478 e. The van der Waals surface area contributed by atoms with Crippen molar-refractivity contribution in [3.05, 3.63) is 58.9 Å². The third kappa shape index (κ3) is 2.56. The van der Waals surface area contributed by atoms with Crippen LogP contribution >= 0.6 is 0 Å². The van der Waals surface area contributed by atoms with Gasteiger partial charge < -0.3 is 10.0 Å². The predicted octanol–water partition coefficient (Wildman–Crippen LogP) is 2.21. The maximum atomic E-state index is 11.1. The van der Waals surface area contributed by atoms with Crippen molar-refractivity contribution >= 4 is 11.7 Å². The van der Waals surface area contributed by atoms with Crippen LogP contribution in [0.1, 0.15) is 27.2 Å². The number of carboxylic acids is 1. The van der Waals surface area contributed by atoms with Gasteiger partial charge in [-0.2, -0.15) is 5.26 Å². The van der Waals surface area contributed by atoms with E-state index in [0.717, 1.165) is 29.8 Å². The lowest BCUT2D eigenvalue weighted by molar-refractivity contribution is 0.0697. The van der Waals surface area contributed by atoms with Crippen LogP contribution in [0.4, 0.5) is 5.69 Å². The molecule has 0 radical (unpaired) electrons. The maximum absolute atomic E-state index is 11.1. The highest BCUT2D eigenvalue weighted by Gasteiger charge is 2.20. The predicted molar refractivity (Wildman–Crippen MR) is 77.1 cm³/mol. The number of hydrogen-bond acceptors (Lipinski definition) is 4. The molecule has 2 heterocycles. The van der Waals surface area contributed by atoms with Crippen molar-refractivity contribution in [1.82, 2.24) is 4.98 Å². The fourth-order valence-corrected chi connectivity index (χ4v) is 2.60. The van der Waals surface area contributed by atoms with Crippen molar-refractivity contribution in [1.29, 1.82) is 5.26 Å². The number of carboxylic acid groups (broad SMARTS) is 1. The summed E-state index contributed by atoms with van der Waals surface area (Å²) in [6.07, 6.45) is 2.53. The molecule has 1 N–H and O–H groups in total. The van der Waals surface area contributed by atoms with Gasteiger partial charge in [-0.15, -0.1) is 0 Å². The number of nitrogens with zero attached hydrogens (tertiary/aromatic N) is 3. The number of fused-ring (bicyclic) bond motifs is 1. The number of rotatable bonds is 3. The van der Waals surface area contributed by atoms with Crippen molar-refractivity contribution in [2.24, 2.45) is 0 Å². The molecule has 0 fully saturated rings. The molecular formula is C16H13N3O2. The van der Waals surface area contributed by atoms with E-state index in [1.54, 1.807) is 24.4 Å². The van der Waals surface area contributed by atoms with E-state index in [-0.39, 0.29) is 0 Å². The number of nitriles is 1. The second kappa shape index (κ2) is 5.25. The summed E-state index contributed by atoms with van der Waals surface area (Å²) in [5.41, 5.74) is 3.81. The normalized spacial score (nSPS) is 12.8. The Morgan fingerprint density at radius 2 is 2.24 bits per heavy atom. The van der Waals surface area contributed by atoms with E-state index in [0.29, 0.717) is 17.8 Å². The van der Waals surface area contributed by atoms with Gasteiger partial charge in [-0.25, -0.2) is 9.78 Å². The van der Waals surface area contributed by atoms with Crippen LogP contribution in [0.15, 0.2) is 36.5 Å². The van der Waals surface area contributed by atoms with Crippen LogP contribution < -0.4 is 4.90 Å². The van der Waals surface area contributed by atoms with E-state index in [4.69, 9.17) is 10.4 Å². The Balaban J connectivity index is 1.88. The van der Waals surface area contributed by atoms with E-state index >= 15 is 0 Å². The van der Waals surface area contributed by atoms with Gasteiger partial charge in [0.2, 0.25) is 0 Å². The minimum atomic E-state index is -0.916. The molecule has 0 amide bonds. The number of aromatic nitrogens is 1. The molecule has 0 aliphatic carbocycles. The number of aromatic carboxylic acids is 1. The summed E-state index contributed by atoms with van der Waals surface area (Å²) in [6, 6.07) is 10.9. The van der Waals surface area contributed by atoms with E-state index in [1.807, 2.05) is 18.2 Å². The molecule has 1 aromatic carbocycles. The van der Waals surface area contributed by atoms with Crippen molar-refractivity contribution in [2.45, 2.75) is 13.0 Å². The van der Waals surface area contributed by atoms with Gasteiger partial charge >= 0.3 is 5.97 Å². The third-order valence-corrected chi connectivity index (χ3v) is 3.64. The first kappa shape index (κ1) is 13.1. The van der Waals surface area contributed by atoms with Crippen molar-refractivity contribution in [2.75, 3.05) is 11.4 Å². The molecule has 0 bridgehead atoms. The van der Waals surface area contributed by atoms with Gasteiger partial charge in [0.05, 0.1) is 5.56 Å². The molecule has 104 valence electrons. The lowest BCUT2D eigenvalue weighted by Crippen LogP contribution is -2.20. The first-order valence-corrected chi connectivity index (χ1v) is 6.63. The van der Waals surface area contributed by atoms with Crippen LogP contribution in [-0.4, -0.2) is 22.6 Å². The fraction of sp³-hybridized carbons (Fsp3) is 0.188. The van der Waals surface area contributed by atoms with Crippen molar-refractivity contribution in [3.63, 3.8) is 0 Å². The van der Waals surface area contributed by atoms with Gasteiger partial charge in [0.25, 0.3) is 0 Å². The van der Waals surface area contributed by atoms with Gasteiger partial charge in [0, 0.05) is 25.0 Å². The topological polar surface area (TPSA) is 77.2 Å². The highest BCUT2D eigenvalue weighted by molar-refractivity contribution is 5.89. The number of pyridine rings is 1. The van der Waals surface area contributed by atoms with Crippen molar-refractivity contribution in [3.8, 4) is 6.07 Å². The van der Waals surface area contributed by atoms with E-state index in [2.05, 4.69) is 9.88 Å². The smallest absolute Gasteiger partial charge is 0.335 e. The molecule has 0 saturated heterocycles. The summed E-state index contributed by atoms with van der Waals surface area (Å²) in [4.78, 5) is 17.2. The summed E-state index contributed by atoms with van der Waals surface area (Å²) in [6.45, 7) is 1.50. The Bertz CT molecular complexity index is 749. The third-order valence-electron chi connectivity index (χ3n) is 3.64. The highest BCUT2D eigenvalue weighted by Crippen LogP contribution is 2.30. The van der Waals surface area contributed by atoms with Crippen LogP contribution in [0.3, 0.4) is 0 Å². The molecule has 0 saturated carbocycles. The maximum Gasteiger partial charge on any atom is 0.335 e. The van der Waals surface area contributed by atoms with Crippen LogP contribution in [0, 0.1) is 11.3 Å². The van der Waals surface area contributed by atoms with E-state index in [9.17, 15) is 4.79 Å². The SMILES string of the molecule is N#Cc1cc(CN2CCc3ccc(C(=O)O)cc32)ccn1. The Kier molecular flexibility index (Phi) is 3.28. The summed E-state index contributed by atoms with van der Waals surface area (Å²) >= 11 is 0. The Morgan fingerprint density at radius 3 is 3.00 bits per heavy atom. The van der Waals surface area contributed by atoms with Gasteiger partial charge in [0.1, 0.15) is 11.8 Å². The lowest BCUT2D eigenvalue weighted by Gasteiger charge is -2.19. The molecule has 0 spiro atoms. The molecule has 5 nitrogen and oxygen atoms in total. The number of hydrogen-bond donors (Lipinski definition) is 1. The Labute approximate surface area is 122 Å². The summed E-state index contributed by atoms with van der Waals surface area (Å²) in [7, 11) is 0. The van der Waals surface area contributed by atoms with Gasteiger partial charge in [0.15, 0.2) is 0 Å². The molecular weight excluding hydrogens is 266 g/mol. The quantitative estimate of drug-likeness (QED) is 0.932. The Morgan fingerprint density at radius 1 is 1.38 bits per heavy atom. The first-order chi connectivity index (χ1) is 10.2. The number of anilines is 1. The molecule has 2 aromatic rings. The van der Waals surface area contributed by atoms with Crippen LogP contribution in [0.5, 0.6) is 0 Å². The van der Waals surface area contributed by atoms with E-state index in [1.165, 1.54) is 0 Å². The average molecular weight is 279 g/mol. The zero-order valence-electron chi connectivity index (χ0n) is 11.3. The monoisotopic (exact) mass is 279 g/mol. The Hall–Kier alpha value is -2.87. The average Bonchev–Trinajstić information content (AvgIpc) is 2.90. The fourth-order valence-electron chi connectivity index (χ4n) is 2.60. The zero-order chi connectivity index (χ0) is 14.8. The van der Waals surface area contributed by atoms with Gasteiger partial charge in [-0.1, -0.05) is 6.07 Å². The number of benzene rings is 1. The minimum Gasteiger partial charge on any atom is -0.478 e. The summed E-state index contributed by atoms with van der Waals surface area (Å²) in [5.74, 6) is -0.916. The second-order valence-corrected chi connectivity index (χ2v) is 4.98. The molecule has 0 atom stereocenters. The zero-order valence-corrected chi connectivity index (χ0v) is 11.3. The highest BCUT2D eigenvalue weighted by atomic mass is 16.4. The van der Waals surface area contributed by atoms with Gasteiger partial charge in [-0.3, -0.25) is 0 Å². The van der Waals surface area contributed by atoms with E-state index < -0.39 is 5.97 Å². The lowest BCUT2D eigenvalue weighted by atomic mass is 10.1. The minimum absolute atomic E-state index is 0.299. The molecule has 3 rings (SSSR count). The van der Waals surface area contributed by atoms with Crippen LogP contribution in [0.2, 0.25) is 0 Å². The molecule has 1 aliphatic rings.